The van der Waals surface area contributed by atoms with Crippen LogP contribution < -0.4 is 16.0 Å². The smallest absolute Gasteiger partial charge is 0.407 e. The van der Waals surface area contributed by atoms with E-state index in [4.69, 9.17) is 0 Å². The topological polar surface area (TPSA) is 130 Å². The highest BCUT2D eigenvalue weighted by Crippen LogP contribution is 2.25. The highest BCUT2D eigenvalue weighted by molar-refractivity contribution is 5.99. The van der Waals surface area contributed by atoms with Crippen molar-refractivity contribution in [3.05, 3.63) is 83.2 Å². The Balaban J connectivity index is 1.55. The number of halogens is 1. The average molecular weight is 503 g/mol. The minimum absolute atomic E-state index is 0.139. The molecule has 2 aromatic carbocycles. The van der Waals surface area contributed by atoms with Gasteiger partial charge in [0.1, 0.15) is 11.6 Å². The van der Waals surface area contributed by atoms with E-state index in [1.54, 1.807) is 36.4 Å². The number of nitriles is 1. The van der Waals surface area contributed by atoms with E-state index in [1.165, 1.54) is 17.0 Å². The fraction of sp³-hybridized carbons (Fsp3) is 0.259. The zero-order valence-electron chi connectivity index (χ0n) is 20.1. The second-order valence-electron chi connectivity index (χ2n) is 8.60. The van der Waals surface area contributed by atoms with Gasteiger partial charge in [-0.3, -0.25) is 4.79 Å². The molecule has 37 heavy (non-hydrogen) atoms. The van der Waals surface area contributed by atoms with Crippen LogP contribution in [0.3, 0.4) is 0 Å². The normalized spacial score (nSPS) is 15.0. The Kier molecular flexibility index (Phi) is 8.28. The molecule has 0 radical (unpaired) electrons. The molecule has 1 aliphatic rings. The van der Waals surface area contributed by atoms with Crippen molar-refractivity contribution < 1.29 is 19.1 Å². The molecule has 1 fully saturated rings. The number of piperazine rings is 1. The molecule has 0 spiro atoms. The Labute approximate surface area is 213 Å². The quantitative estimate of drug-likeness (QED) is 0.372. The zero-order valence-corrected chi connectivity index (χ0v) is 20.1. The predicted octanol–water partition coefficient (Wildman–Crippen LogP) is 3.10. The first-order chi connectivity index (χ1) is 18.0. The van der Waals surface area contributed by atoms with Gasteiger partial charge in [0.15, 0.2) is 0 Å². The van der Waals surface area contributed by atoms with Crippen molar-refractivity contribution in [1.29, 1.82) is 5.26 Å². The number of nitrogens with zero attached hydrogens (tertiary/aromatic N) is 3. The molecule has 9 nitrogen and oxygen atoms in total. The van der Waals surface area contributed by atoms with Gasteiger partial charge in [-0.2, -0.15) is 5.26 Å². The van der Waals surface area contributed by atoms with Gasteiger partial charge in [-0.15, -0.1) is 0 Å². The fourth-order valence-electron chi connectivity index (χ4n) is 4.25. The van der Waals surface area contributed by atoms with E-state index in [0.717, 1.165) is 5.56 Å². The summed E-state index contributed by atoms with van der Waals surface area (Å²) >= 11 is 0. The minimum Gasteiger partial charge on any atom is -0.465 e. The van der Waals surface area contributed by atoms with Crippen LogP contribution in [0.2, 0.25) is 0 Å². The van der Waals surface area contributed by atoms with Crippen molar-refractivity contribution in [3.8, 4) is 17.3 Å². The summed E-state index contributed by atoms with van der Waals surface area (Å²) in [5.41, 5.74) is 2.69. The highest BCUT2D eigenvalue weighted by Gasteiger charge is 2.27. The van der Waals surface area contributed by atoms with Crippen LogP contribution >= 0.6 is 0 Å². The molecule has 0 aliphatic carbocycles. The Bertz CT molecular complexity index is 1330. The van der Waals surface area contributed by atoms with E-state index in [9.17, 15) is 24.3 Å². The lowest BCUT2D eigenvalue weighted by Gasteiger charge is -2.34. The van der Waals surface area contributed by atoms with Crippen molar-refractivity contribution in [1.82, 2.24) is 20.5 Å². The number of pyridine rings is 1. The van der Waals surface area contributed by atoms with Crippen LogP contribution in [0.1, 0.15) is 21.5 Å². The van der Waals surface area contributed by atoms with E-state index in [-0.39, 0.29) is 17.9 Å². The molecule has 2 heterocycles. The molecule has 0 unspecified atom stereocenters. The van der Waals surface area contributed by atoms with Crippen LogP contribution in [0.4, 0.5) is 15.0 Å². The van der Waals surface area contributed by atoms with E-state index in [2.05, 4.69) is 27.0 Å². The maximum atomic E-state index is 13.6. The number of benzene rings is 2. The Morgan fingerprint density at radius 3 is 2.81 bits per heavy atom. The number of hydrogen-bond acceptors (Lipinski definition) is 6. The molecular formula is C27H27FN6O3. The van der Waals surface area contributed by atoms with E-state index in [1.807, 2.05) is 12.1 Å². The van der Waals surface area contributed by atoms with Crippen LogP contribution in [0, 0.1) is 17.1 Å². The molecule has 0 saturated carbocycles. The molecule has 1 saturated heterocycles. The fourth-order valence-corrected chi connectivity index (χ4v) is 4.25. The summed E-state index contributed by atoms with van der Waals surface area (Å²) < 4.78 is 13.6. The number of amides is 2. The highest BCUT2D eigenvalue weighted by atomic mass is 19.1. The van der Waals surface area contributed by atoms with Crippen LogP contribution in [-0.4, -0.2) is 65.8 Å². The lowest BCUT2D eigenvalue weighted by atomic mass is 10.0. The lowest BCUT2D eigenvalue weighted by Crippen LogP contribution is -2.57. The first-order valence-electron chi connectivity index (χ1n) is 11.9. The van der Waals surface area contributed by atoms with Crippen molar-refractivity contribution in [2.45, 2.75) is 12.5 Å². The summed E-state index contributed by atoms with van der Waals surface area (Å²) in [6, 6.07) is 18.4. The second-order valence-corrected chi connectivity index (χ2v) is 8.60. The van der Waals surface area contributed by atoms with Crippen LogP contribution in [0.15, 0.2) is 60.7 Å². The summed E-state index contributed by atoms with van der Waals surface area (Å²) in [5.74, 6) is -0.411. The molecule has 4 N–H and O–H groups in total. The summed E-state index contributed by atoms with van der Waals surface area (Å²) in [5, 5.41) is 28.1. The summed E-state index contributed by atoms with van der Waals surface area (Å²) in [6.07, 6.45) is -0.525. The number of anilines is 1. The van der Waals surface area contributed by atoms with Crippen molar-refractivity contribution >= 4 is 17.8 Å². The zero-order chi connectivity index (χ0) is 26.2. The molecular weight excluding hydrogens is 475 g/mol. The molecule has 1 atom stereocenters. The van der Waals surface area contributed by atoms with Crippen molar-refractivity contribution in [2.75, 3.05) is 38.0 Å². The van der Waals surface area contributed by atoms with Gasteiger partial charge in [-0.05, 0) is 42.3 Å². The van der Waals surface area contributed by atoms with Crippen molar-refractivity contribution in [2.24, 2.45) is 0 Å². The van der Waals surface area contributed by atoms with Gasteiger partial charge < -0.3 is 26.0 Å². The second kappa shape index (κ2) is 12.0. The number of carbonyl (C=O) groups excluding carboxylic acids is 1. The van der Waals surface area contributed by atoms with Crippen LogP contribution in [-0.2, 0) is 6.42 Å². The Hall–Kier alpha value is -4.49. The molecule has 4 rings (SSSR count). The SMILES string of the molecule is N#Cc1ccccc1-c1ccc(C(=O)NC[C@H]2CNCCN2C(=O)O)c(NCCc2cccc(F)c2)n1. The molecule has 3 aromatic rings. The number of carbonyl (C=O) groups is 2. The molecule has 10 heteroatoms. The number of hydrogen-bond donors (Lipinski definition) is 4. The number of rotatable bonds is 8. The molecule has 1 aliphatic heterocycles. The van der Waals surface area contributed by atoms with E-state index >= 15 is 0 Å². The van der Waals surface area contributed by atoms with E-state index < -0.39 is 18.0 Å². The average Bonchev–Trinajstić information content (AvgIpc) is 2.91. The molecule has 190 valence electrons. The molecule has 0 bridgehead atoms. The largest absolute Gasteiger partial charge is 0.465 e. The Morgan fingerprint density at radius 2 is 2.03 bits per heavy atom. The van der Waals surface area contributed by atoms with Crippen LogP contribution in [0.25, 0.3) is 11.3 Å². The third kappa shape index (κ3) is 6.39. The van der Waals surface area contributed by atoms with Gasteiger partial charge in [0.25, 0.3) is 5.91 Å². The monoisotopic (exact) mass is 502 g/mol. The van der Waals surface area contributed by atoms with Gasteiger partial charge in [0.05, 0.1) is 28.9 Å². The first kappa shape index (κ1) is 25.6. The lowest BCUT2D eigenvalue weighted by molar-refractivity contribution is 0.0899. The summed E-state index contributed by atoms with van der Waals surface area (Å²) in [7, 11) is 0. The van der Waals surface area contributed by atoms with Gasteiger partial charge in [0, 0.05) is 38.3 Å². The maximum absolute atomic E-state index is 13.6. The standard InChI is InChI=1S/C27H27FN6O3/c28-20-6-3-4-18(14-20)10-11-31-25-23(8-9-24(33-25)22-7-2-1-5-19(22)15-29)26(35)32-17-21-16-30-12-13-34(21)27(36)37/h1-9,14,21,30H,10-13,16-17H2,(H,31,33)(H,32,35)(H,36,37)/t21-/m1/s1. The van der Waals surface area contributed by atoms with Gasteiger partial charge in [-0.1, -0.05) is 30.3 Å². The number of aromatic nitrogens is 1. The summed E-state index contributed by atoms with van der Waals surface area (Å²) in [4.78, 5) is 30.6. The Morgan fingerprint density at radius 1 is 1.19 bits per heavy atom. The van der Waals surface area contributed by atoms with Gasteiger partial charge >= 0.3 is 6.09 Å². The maximum Gasteiger partial charge on any atom is 0.407 e. The third-order valence-corrected chi connectivity index (χ3v) is 6.15. The van der Waals surface area contributed by atoms with E-state index in [0.29, 0.717) is 55.2 Å². The van der Waals surface area contributed by atoms with Gasteiger partial charge in [0.2, 0.25) is 0 Å². The summed E-state index contributed by atoms with van der Waals surface area (Å²) in [6.45, 7) is 1.87. The number of nitrogens with one attached hydrogen (secondary N) is 3. The van der Waals surface area contributed by atoms with Crippen LogP contribution in [0.5, 0.6) is 0 Å². The predicted molar refractivity (Wildman–Crippen MR) is 137 cm³/mol. The van der Waals surface area contributed by atoms with Crippen molar-refractivity contribution in [3.63, 3.8) is 0 Å². The molecule has 1 aromatic heterocycles. The minimum atomic E-state index is -1.03. The van der Waals surface area contributed by atoms with Gasteiger partial charge in [-0.25, -0.2) is 14.2 Å². The number of carboxylic acid groups (broad SMARTS) is 1. The first-order valence-corrected chi connectivity index (χ1v) is 11.9. The third-order valence-electron chi connectivity index (χ3n) is 6.15. The molecule has 2 amide bonds.